The first-order valence-corrected chi connectivity index (χ1v) is 4.63. The second-order valence-electron chi connectivity index (χ2n) is 4.00. The zero-order valence-electron chi connectivity index (χ0n) is 7.51. The van der Waals surface area contributed by atoms with E-state index in [2.05, 4.69) is 19.3 Å². The van der Waals surface area contributed by atoms with Gasteiger partial charge in [0.05, 0.1) is 0 Å². The predicted molar refractivity (Wildman–Crippen MR) is 45.5 cm³/mol. The quantitative estimate of drug-likeness (QED) is 0.602. The van der Waals surface area contributed by atoms with E-state index in [0.717, 1.165) is 24.7 Å². The molecule has 2 N–H and O–H groups in total. The molecular formula is C9H19NO. The van der Waals surface area contributed by atoms with Crippen molar-refractivity contribution in [3.8, 4) is 0 Å². The second-order valence-corrected chi connectivity index (χ2v) is 4.00. The first-order chi connectivity index (χ1) is 5.24. The van der Waals surface area contributed by atoms with E-state index in [0.29, 0.717) is 6.04 Å². The summed E-state index contributed by atoms with van der Waals surface area (Å²) >= 11 is 0. The first-order valence-electron chi connectivity index (χ1n) is 4.63. The Labute approximate surface area is 69.0 Å². The van der Waals surface area contributed by atoms with Gasteiger partial charge in [0.1, 0.15) is 0 Å². The molecule has 1 aliphatic carbocycles. The Morgan fingerprint density at radius 3 is 2.64 bits per heavy atom. The zero-order chi connectivity index (χ0) is 8.27. The average Bonchev–Trinajstić information content (AvgIpc) is 2.05. The van der Waals surface area contributed by atoms with Crippen LogP contribution in [0.2, 0.25) is 0 Å². The molecule has 2 atom stereocenters. The molecule has 1 saturated carbocycles. The Bertz CT molecular complexity index is 114. The van der Waals surface area contributed by atoms with Gasteiger partial charge in [-0.1, -0.05) is 26.7 Å². The average molecular weight is 157 g/mol. The highest BCUT2D eigenvalue weighted by Gasteiger charge is 2.23. The lowest BCUT2D eigenvalue weighted by atomic mass is 9.79. The smallest absolute Gasteiger partial charge is 0.0322 e. The van der Waals surface area contributed by atoms with Gasteiger partial charge >= 0.3 is 0 Å². The third kappa shape index (κ3) is 2.46. The number of hydrogen-bond donors (Lipinski definition) is 2. The SMILES string of the molecule is CC(C)C1CCCC(NO)C1. The van der Waals surface area contributed by atoms with E-state index in [1.165, 1.54) is 12.8 Å². The summed E-state index contributed by atoms with van der Waals surface area (Å²) in [6.45, 7) is 4.54. The van der Waals surface area contributed by atoms with Crippen molar-refractivity contribution in [2.75, 3.05) is 0 Å². The summed E-state index contributed by atoms with van der Waals surface area (Å²) in [5, 5.41) is 8.74. The van der Waals surface area contributed by atoms with Crippen molar-refractivity contribution in [1.29, 1.82) is 0 Å². The molecule has 1 fully saturated rings. The summed E-state index contributed by atoms with van der Waals surface area (Å²) in [5.74, 6) is 1.58. The van der Waals surface area contributed by atoms with Gasteiger partial charge in [0.25, 0.3) is 0 Å². The summed E-state index contributed by atoms with van der Waals surface area (Å²) < 4.78 is 0. The molecule has 0 radical (unpaired) electrons. The van der Waals surface area contributed by atoms with Gasteiger partial charge in [-0.3, -0.25) is 0 Å². The van der Waals surface area contributed by atoms with Crippen LogP contribution in [0.15, 0.2) is 0 Å². The number of rotatable bonds is 2. The molecule has 0 aromatic carbocycles. The van der Waals surface area contributed by atoms with Crippen molar-refractivity contribution < 1.29 is 5.21 Å². The Morgan fingerprint density at radius 1 is 1.36 bits per heavy atom. The number of hydroxylamine groups is 1. The van der Waals surface area contributed by atoms with Crippen LogP contribution in [-0.2, 0) is 0 Å². The van der Waals surface area contributed by atoms with Crippen LogP contribution in [0.25, 0.3) is 0 Å². The molecule has 0 aromatic rings. The molecule has 0 saturated heterocycles. The fourth-order valence-electron chi connectivity index (χ4n) is 1.95. The Balaban J connectivity index is 2.33. The Morgan fingerprint density at radius 2 is 2.09 bits per heavy atom. The van der Waals surface area contributed by atoms with E-state index < -0.39 is 0 Å². The van der Waals surface area contributed by atoms with Crippen LogP contribution in [0.5, 0.6) is 0 Å². The van der Waals surface area contributed by atoms with Crippen molar-refractivity contribution in [3.05, 3.63) is 0 Å². The maximum absolute atomic E-state index is 8.74. The molecule has 1 aliphatic rings. The Kier molecular flexibility index (Phi) is 3.34. The van der Waals surface area contributed by atoms with Crippen LogP contribution in [0.3, 0.4) is 0 Å². The molecule has 2 unspecified atom stereocenters. The summed E-state index contributed by atoms with van der Waals surface area (Å²) in [4.78, 5) is 0. The number of hydrogen-bond acceptors (Lipinski definition) is 2. The van der Waals surface area contributed by atoms with Crippen molar-refractivity contribution in [2.24, 2.45) is 11.8 Å². The molecule has 66 valence electrons. The van der Waals surface area contributed by atoms with E-state index in [4.69, 9.17) is 5.21 Å². The van der Waals surface area contributed by atoms with Crippen molar-refractivity contribution >= 4 is 0 Å². The van der Waals surface area contributed by atoms with Crippen molar-refractivity contribution in [2.45, 2.75) is 45.6 Å². The standard InChI is InChI=1S/C9H19NO/c1-7(2)8-4-3-5-9(6-8)10-11/h7-11H,3-6H2,1-2H3. The van der Waals surface area contributed by atoms with E-state index in [-0.39, 0.29) is 0 Å². The molecule has 0 amide bonds. The first kappa shape index (κ1) is 9.01. The van der Waals surface area contributed by atoms with Crippen molar-refractivity contribution in [1.82, 2.24) is 5.48 Å². The second kappa shape index (κ2) is 4.07. The van der Waals surface area contributed by atoms with Crippen molar-refractivity contribution in [3.63, 3.8) is 0 Å². The molecule has 1 rings (SSSR count). The van der Waals surface area contributed by atoms with E-state index in [9.17, 15) is 0 Å². The minimum Gasteiger partial charge on any atom is -0.317 e. The van der Waals surface area contributed by atoms with Gasteiger partial charge in [-0.25, -0.2) is 5.48 Å². The maximum atomic E-state index is 8.74. The van der Waals surface area contributed by atoms with Crippen LogP contribution in [0.4, 0.5) is 0 Å². The van der Waals surface area contributed by atoms with Crippen LogP contribution in [0.1, 0.15) is 39.5 Å². The number of nitrogens with one attached hydrogen (secondary N) is 1. The lowest BCUT2D eigenvalue weighted by Gasteiger charge is -2.30. The van der Waals surface area contributed by atoms with E-state index in [1.807, 2.05) is 0 Å². The molecule has 2 heteroatoms. The minimum absolute atomic E-state index is 0.358. The van der Waals surface area contributed by atoms with Gasteiger partial charge in [-0.05, 0) is 24.7 Å². The highest BCUT2D eigenvalue weighted by atomic mass is 16.5. The fraction of sp³-hybridized carbons (Fsp3) is 1.00. The minimum atomic E-state index is 0.358. The molecule has 2 nitrogen and oxygen atoms in total. The fourth-order valence-corrected chi connectivity index (χ4v) is 1.95. The normalized spacial score (nSPS) is 32.7. The Hall–Kier alpha value is -0.0800. The molecule has 11 heavy (non-hydrogen) atoms. The van der Waals surface area contributed by atoms with Gasteiger partial charge in [-0.15, -0.1) is 0 Å². The summed E-state index contributed by atoms with van der Waals surface area (Å²) in [6.07, 6.45) is 4.89. The highest BCUT2D eigenvalue weighted by molar-refractivity contribution is 4.77. The molecular weight excluding hydrogens is 138 g/mol. The maximum Gasteiger partial charge on any atom is 0.0322 e. The van der Waals surface area contributed by atoms with Gasteiger partial charge in [0, 0.05) is 6.04 Å². The van der Waals surface area contributed by atoms with Gasteiger partial charge in [0.2, 0.25) is 0 Å². The molecule has 0 spiro atoms. The molecule has 0 aromatic heterocycles. The monoisotopic (exact) mass is 157 g/mol. The van der Waals surface area contributed by atoms with Gasteiger partial charge < -0.3 is 5.21 Å². The van der Waals surface area contributed by atoms with E-state index in [1.54, 1.807) is 0 Å². The van der Waals surface area contributed by atoms with Gasteiger partial charge in [0.15, 0.2) is 0 Å². The summed E-state index contributed by atoms with van der Waals surface area (Å²) in [5.41, 5.74) is 2.39. The van der Waals surface area contributed by atoms with Gasteiger partial charge in [-0.2, -0.15) is 0 Å². The lowest BCUT2D eigenvalue weighted by molar-refractivity contribution is 0.0846. The van der Waals surface area contributed by atoms with Crippen LogP contribution < -0.4 is 5.48 Å². The molecule has 0 heterocycles. The molecule has 0 aliphatic heterocycles. The topological polar surface area (TPSA) is 32.3 Å². The largest absolute Gasteiger partial charge is 0.317 e. The third-order valence-electron chi connectivity index (χ3n) is 2.84. The van der Waals surface area contributed by atoms with Crippen LogP contribution >= 0.6 is 0 Å². The van der Waals surface area contributed by atoms with Crippen LogP contribution in [-0.4, -0.2) is 11.2 Å². The lowest BCUT2D eigenvalue weighted by Crippen LogP contribution is -2.33. The predicted octanol–water partition coefficient (Wildman–Crippen LogP) is 2.18. The van der Waals surface area contributed by atoms with Crippen LogP contribution in [0, 0.1) is 11.8 Å². The highest BCUT2D eigenvalue weighted by Crippen LogP contribution is 2.29. The summed E-state index contributed by atoms with van der Waals surface area (Å²) in [6, 6.07) is 0.358. The third-order valence-corrected chi connectivity index (χ3v) is 2.84. The summed E-state index contributed by atoms with van der Waals surface area (Å²) in [7, 11) is 0. The zero-order valence-corrected chi connectivity index (χ0v) is 7.51. The van der Waals surface area contributed by atoms with E-state index >= 15 is 0 Å². The molecule has 0 bridgehead atoms.